The van der Waals surface area contributed by atoms with Crippen LogP contribution in [0.1, 0.15) is 25.0 Å². The van der Waals surface area contributed by atoms with E-state index in [1.807, 2.05) is 36.4 Å². The molecule has 0 aliphatic carbocycles. The average molecular weight is 329 g/mol. The van der Waals surface area contributed by atoms with Gasteiger partial charge >= 0.3 is 7.60 Å². The lowest BCUT2D eigenvalue weighted by Crippen LogP contribution is -2.28. The van der Waals surface area contributed by atoms with Crippen molar-refractivity contribution in [3.63, 3.8) is 0 Å². The highest BCUT2D eigenvalue weighted by molar-refractivity contribution is 7.55. The van der Waals surface area contributed by atoms with Gasteiger partial charge in [0, 0.05) is 0 Å². The van der Waals surface area contributed by atoms with E-state index in [-0.39, 0.29) is 13.2 Å². The largest absolute Gasteiger partial charge is 0.359 e. The first kappa shape index (κ1) is 17.4. The minimum absolute atomic E-state index is 0.195. The van der Waals surface area contributed by atoms with Gasteiger partial charge in [-0.1, -0.05) is 60.7 Å². The lowest BCUT2D eigenvalue weighted by Gasteiger charge is -2.34. The number of nitrogens with zero attached hydrogens (tertiary/aromatic N) is 1. The average Bonchev–Trinajstić information content (AvgIpc) is 2.58. The summed E-state index contributed by atoms with van der Waals surface area (Å²) in [7, 11) is -3.77. The summed E-state index contributed by atoms with van der Waals surface area (Å²) in [6.07, 6.45) is 0. The van der Waals surface area contributed by atoms with Gasteiger partial charge in [-0.3, -0.25) is 4.57 Å². The van der Waals surface area contributed by atoms with Crippen LogP contribution in [0.15, 0.2) is 60.7 Å². The fourth-order valence-corrected chi connectivity index (χ4v) is 4.80. The zero-order chi connectivity index (χ0) is 16.8. The van der Waals surface area contributed by atoms with Crippen LogP contribution in [-0.4, -0.2) is 13.2 Å². The molecule has 0 spiro atoms. The Balaban J connectivity index is 2.79. The number of benzene rings is 2. The van der Waals surface area contributed by atoms with E-state index >= 15 is 0 Å². The number of nitriles is 1. The zero-order valence-electron chi connectivity index (χ0n) is 13.3. The van der Waals surface area contributed by atoms with Crippen LogP contribution >= 0.6 is 7.60 Å². The maximum absolute atomic E-state index is 13.6. The normalized spacial score (nSPS) is 11.9. The molecule has 2 rings (SSSR count). The molecule has 0 heterocycles. The Morgan fingerprint density at radius 3 is 1.61 bits per heavy atom. The van der Waals surface area contributed by atoms with Crippen LogP contribution in [0.2, 0.25) is 0 Å². The van der Waals surface area contributed by atoms with Gasteiger partial charge in [0.2, 0.25) is 5.16 Å². The Hall–Kier alpha value is -1.92. The molecule has 2 aromatic carbocycles. The van der Waals surface area contributed by atoms with Gasteiger partial charge in [0.1, 0.15) is 0 Å². The molecule has 23 heavy (non-hydrogen) atoms. The molecule has 0 saturated carbocycles. The summed E-state index contributed by atoms with van der Waals surface area (Å²) in [5.41, 5.74) is 1.19. The Labute approximate surface area is 137 Å². The molecule has 0 saturated heterocycles. The maximum Gasteiger partial charge on any atom is 0.359 e. The second-order valence-corrected chi connectivity index (χ2v) is 7.07. The Kier molecular flexibility index (Phi) is 5.74. The summed E-state index contributed by atoms with van der Waals surface area (Å²) >= 11 is 0. The third kappa shape index (κ3) is 3.09. The van der Waals surface area contributed by atoms with Crippen molar-refractivity contribution in [1.29, 1.82) is 5.26 Å². The topological polar surface area (TPSA) is 59.3 Å². The zero-order valence-corrected chi connectivity index (χ0v) is 14.2. The van der Waals surface area contributed by atoms with Gasteiger partial charge in [0.25, 0.3) is 0 Å². The molecule has 0 aromatic heterocycles. The van der Waals surface area contributed by atoms with Crippen LogP contribution in [0.4, 0.5) is 0 Å². The molecule has 2 aromatic rings. The van der Waals surface area contributed by atoms with Crippen molar-refractivity contribution in [2.75, 3.05) is 13.2 Å². The van der Waals surface area contributed by atoms with Gasteiger partial charge in [-0.05, 0) is 25.0 Å². The first-order chi connectivity index (χ1) is 11.1. The summed E-state index contributed by atoms with van der Waals surface area (Å²) in [6, 6.07) is 20.3. The molecule has 0 aliphatic rings. The van der Waals surface area contributed by atoms with E-state index in [2.05, 4.69) is 6.07 Å². The van der Waals surface area contributed by atoms with Crippen molar-refractivity contribution >= 4 is 7.60 Å². The highest BCUT2D eigenvalue weighted by Gasteiger charge is 2.54. The van der Waals surface area contributed by atoms with E-state index < -0.39 is 12.8 Å². The molecular weight excluding hydrogens is 309 g/mol. The molecule has 0 amide bonds. The van der Waals surface area contributed by atoms with Gasteiger partial charge in [0.15, 0.2) is 0 Å². The molecule has 4 nitrogen and oxygen atoms in total. The van der Waals surface area contributed by atoms with Gasteiger partial charge in [-0.25, -0.2) is 0 Å². The van der Waals surface area contributed by atoms with E-state index in [0.29, 0.717) is 11.1 Å². The van der Waals surface area contributed by atoms with Crippen molar-refractivity contribution in [3.8, 4) is 6.07 Å². The summed E-state index contributed by atoms with van der Waals surface area (Å²) < 4.78 is 24.7. The molecule has 120 valence electrons. The fourth-order valence-electron chi connectivity index (χ4n) is 2.60. The second-order valence-electron chi connectivity index (χ2n) is 4.89. The van der Waals surface area contributed by atoms with Crippen LogP contribution in [0.25, 0.3) is 0 Å². The van der Waals surface area contributed by atoms with E-state index in [9.17, 15) is 9.83 Å². The predicted octanol–water partition coefficient (Wildman–Crippen LogP) is 4.72. The van der Waals surface area contributed by atoms with E-state index in [4.69, 9.17) is 9.05 Å². The minimum atomic E-state index is -3.77. The molecular formula is C18H20NO3P. The standard InChI is InChI=1S/C18H20NO3P/c1-3-21-23(20,22-4-2)18(15-19,16-11-7-5-8-12-16)17-13-9-6-10-14-17/h5-14H,3-4H2,1-2H3. The summed E-state index contributed by atoms with van der Waals surface area (Å²) in [5, 5.41) is 8.59. The maximum atomic E-state index is 13.6. The lowest BCUT2D eigenvalue weighted by atomic mass is 9.91. The smallest absolute Gasteiger partial charge is 0.307 e. The summed E-state index contributed by atoms with van der Waals surface area (Å²) in [5.74, 6) is 0. The predicted molar refractivity (Wildman–Crippen MR) is 90.1 cm³/mol. The minimum Gasteiger partial charge on any atom is -0.307 e. The molecule has 0 N–H and O–H groups in total. The van der Waals surface area contributed by atoms with Gasteiger partial charge in [-0.15, -0.1) is 0 Å². The third-order valence-corrected chi connectivity index (χ3v) is 6.19. The quantitative estimate of drug-likeness (QED) is 0.690. The first-order valence-corrected chi connectivity index (χ1v) is 9.10. The van der Waals surface area contributed by atoms with Crippen molar-refractivity contribution < 1.29 is 13.6 Å². The summed E-state index contributed by atoms with van der Waals surface area (Å²) in [4.78, 5) is 0. The van der Waals surface area contributed by atoms with Crippen LogP contribution in [0.3, 0.4) is 0 Å². The van der Waals surface area contributed by atoms with Gasteiger partial charge in [0.05, 0.1) is 19.3 Å². The number of hydrogen-bond acceptors (Lipinski definition) is 4. The van der Waals surface area contributed by atoms with Crippen LogP contribution < -0.4 is 0 Å². The lowest BCUT2D eigenvalue weighted by molar-refractivity contribution is 0.208. The molecule has 0 unspecified atom stereocenters. The van der Waals surface area contributed by atoms with Gasteiger partial charge in [-0.2, -0.15) is 5.26 Å². The molecule has 0 radical (unpaired) electrons. The Morgan fingerprint density at radius 1 is 0.913 bits per heavy atom. The van der Waals surface area contributed by atoms with Crippen molar-refractivity contribution in [2.24, 2.45) is 0 Å². The van der Waals surface area contributed by atoms with E-state index in [1.165, 1.54) is 0 Å². The summed E-state index contributed by atoms with van der Waals surface area (Å²) in [6.45, 7) is 3.87. The molecule has 0 fully saturated rings. The second kappa shape index (κ2) is 7.57. The molecule has 0 bridgehead atoms. The fraction of sp³-hybridized carbons (Fsp3) is 0.278. The van der Waals surface area contributed by atoms with E-state index in [0.717, 1.165) is 0 Å². The first-order valence-electron chi connectivity index (χ1n) is 7.56. The monoisotopic (exact) mass is 329 g/mol. The number of hydrogen-bond donors (Lipinski definition) is 0. The highest BCUT2D eigenvalue weighted by atomic mass is 31.2. The molecule has 0 atom stereocenters. The van der Waals surface area contributed by atoms with Crippen molar-refractivity contribution in [1.82, 2.24) is 0 Å². The van der Waals surface area contributed by atoms with Crippen molar-refractivity contribution in [3.05, 3.63) is 71.8 Å². The van der Waals surface area contributed by atoms with Crippen molar-refractivity contribution in [2.45, 2.75) is 19.0 Å². The Bertz CT molecular complexity index is 661. The highest BCUT2D eigenvalue weighted by Crippen LogP contribution is 2.67. The van der Waals surface area contributed by atoms with Crippen LogP contribution in [0, 0.1) is 11.3 Å². The third-order valence-electron chi connectivity index (χ3n) is 3.55. The van der Waals surface area contributed by atoms with Crippen LogP contribution in [-0.2, 0) is 18.8 Å². The SMILES string of the molecule is CCOP(=O)(OCC)C(C#N)(c1ccccc1)c1ccccc1. The van der Waals surface area contributed by atoms with E-state index in [1.54, 1.807) is 38.1 Å². The van der Waals surface area contributed by atoms with Crippen LogP contribution in [0.5, 0.6) is 0 Å². The number of rotatable bonds is 7. The Morgan fingerprint density at radius 2 is 1.30 bits per heavy atom. The molecule has 0 aliphatic heterocycles. The van der Waals surface area contributed by atoms with Gasteiger partial charge < -0.3 is 9.05 Å². The molecule has 5 heteroatoms.